The largest absolute Gasteiger partial charge is 0.416 e. The van der Waals surface area contributed by atoms with E-state index in [4.69, 9.17) is 0 Å². The third kappa shape index (κ3) is 5.51. The Bertz CT molecular complexity index is 557. The number of carbonyl (C=O) groups is 1. The number of piperidine rings is 1. The molecular weight excluding hydrogens is 317 g/mol. The molecule has 1 amide bonds. The summed E-state index contributed by atoms with van der Waals surface area (Å²) in [4.78, 5) is 13.8. The van der Waals surface area contributed by atoms with Crippen molar-refractivity contribution in [3.8, 4) is 0 Å². The van der Waals surface area contributed by atoms with E-state index in [9.17, 15) is 18.0 Å². The van der Waals surface area contributed by atoms with Crippen LogP contribution in [0.5, 0.6) is 0 Å². The summed E-state index contributed by atoms with van der Waals surface area (Å²) in [5, 5.41) is 2.95. The van der Waals surface area contributed by atoms with Crippen molar-refractivity contribution in [1.82, 2.24) is 10.2 Å². The summed E-state index contributed by atoms with van der Waals surface area (Å²) in [6, 6.07) is 5.52. The van der Waals surface area contributed by atoms with Crippen molar-refractivity contribution in [1.29, 1.82) is 0 Å². The van der Waals surface area contributed by atoms with Crippen LogP contribution in [0.15, 0.2) is 24.3 Å². The Morgan fingerprint density at radius 2 is 2.12 bits per heavy atom. The zero-order valence-electron chi connectivity index (χ0n) is 14.2. The number of amides is 1. The molecule has 2 rings (SSSR count). The van der Waals surface area contributed by atoms with E-state index in [1.807, 2.05) is 13.8 Å². The molecule has 1 fully saturated rings. The molecule has 1 aromatic rings. The summed E-state index contributed by atoms with van der Waals surface area (Å²) in [5.74, 6) is 0.368. The fourth-order valence-electron chi connectivity index (χ4n) is 3.01. The van der Waals surface area contributed by atoms with E-state index < -0.39 is 11.7 Å². The first kappa shape index (κ1) is 18.8. The quantitative estimate of drug-likeness (QED) is 0.885. The van der Waals surface area contributed by atoms with E-state index in [-0.39, 0.29) is 11.8 Å². The van der Waals surface area contributed by atoms with Crippen LogP contribution in [0.4, 0.5) is 13.2 Å². The Kier molecular flexibility index (Phi) is 6.27. The molecule has 1 heterocycles. The molecule has 1 saturated heterocycles. The van der Waals surface area contributed by atoms with Gasteiger partial charge in [0.2, 0.25) is 5.91 Å². The second kappa shape index (κ2) is 8.01. The number of carbonyl (C=O) groups excluding carboxylic acids is 1. The Labute approximate surface area is 141 Å². The summed E-state index contributed by atoms with van der Waals surface area (Å²) in [6.45, 7) is 6.54. The average Bonchev–Trinajstić information content (AvgIpc) is 2.52. The molecule has 1 N–H and O–H groups in total. The Morgan fingerprint density at radius 3 is 2.79 bits per heavy atom. The van der Waals surface area contributed by atoms with Crippen LogP contribution < -0.4 is 5.32 Å². The zero-order valence-corrected chi connectivity index (χ0v) is 14.2. The standard InChI is InChI=1S/C18H25F3N2O/c1-13(2)17(24)22-10-15-6-4-8-23(12-15)11-14-5-3-7-16(9-14)18(19,20)21/h3,5,7,9,13,15H,4,6,8,10-12H2,1-2H3,(H,22,24). The van der Waals surface area contributed by atoms with Gasteiger partial charge in [0.1, 0.15) is 0 Å². The predicted octanol–water partition coefficient (Wildman–Crippen LogP) is 3.69. The maximum atomic E-state index is 12.8. The fourth-order valence-corrected chi connectivity index (χ4v) is 3.01. The molecule has 1 aliphatic rings. The molecule has 6 heteroatoms. The van der Waals surface area contributed by atoms with Gasteiger partial charge in [0, 0.05) is 25.6 Å². The van der Waals surface area contributed by atoms with Gasteiger partial charge in [0.05, 0.1) is 5.56 Å². The van der Waals surface area contributed by atoms with Gasteiger partial charge in [-0.25, -0.2) is 0 Å². The summed E-state index contributed by atoms with van der Waals surface area (Å²) in [5.41, 5.74) is 0.0782. The third-order valence-corrected chi connectivity index (χ3v) is 4.35. The highest BCUT2D eigenvalue weighted by Crippen LogP contribution is 2.30. The van der Waals surface area contributed by atoms with E-state index in [2.05, 4.69) is 10.2 Å². The van der Waals surface area contributed by atoms with Crippen molar-refractivity contribution in [2.24, 2.45) is 11.8 Å². The van der Waals surface area contributed by atoms with Gasteiger partial charge < -0.3 is 5.32 Å². The van der Waals surface area contributed by atoms with E-state index >= 15 is 0 Å². The van der Waals surface area contributed by atoms with E-state index in [1.165, 1.54) is 12.1 Å². The van der Waals surface area contributed by atoms with E-state index in [1.54, 1.807) is 6.07 Å². The fraction of sp³-hybridized carbons (Fsp3) is 0.611. The second-order valence-electron chi connectivity index (χ2n) is 6.84. The number of halogens is 3. The monoisotopic (exact) mass is 342 g/mol. The molecule has 0 bridgehead atoms. The van der Waals surface area contributed by atoms with Crippen molar-refractivity contribution in [3.63, 3.8) is 0 Å². The maximum absolute atomic E-state index is 12.8. The number of benzene rings is 1. The number of hydrogen-bond donors (Lipinski definition) is 1. The topological polar surface area (TPSA) is 32.3 Å². The van der Waals surface area contributed by atoms with Gasteiger partial charge in [0.15, 0.2) is 0 Å². The predicted molar refractivity (Wildman–Crippen MR) is 87.3 cm³/mol. The van der Waals surface area contributed by atoms with Crippen molar-refractivity contribution in [2.45, 2.75) is 39.4 Å². The number of alkyl halides is 3. The molecule has 1 aliphatic heterocycles. The first-order valence-electron chi connectivity index (χ1n) is 8.42. The lowest BCUT2D eigenvalue weighted by Gasteiger charge is -2.33. The molecule has 0 aliphatic carbocycles. The number of rotatable bonds is 5. The van der Waals surface area contributed by atoms with Gasteiger partial charge in [0.25, 0.3) is 0 Å². The second-order valence-corrected chi connectivity index (χ2v) is 6.84. The summed E-state index contributed by atoms with van der Waals surface area (Å²) in [6.07, 6.45) is -2.26. The number of nitrogens with one attached hydrogen (secondary N) is 1. The molecule has 1 atom stereocenters. The summed E-state index contributed by atoms with van der Waals surface area (Å²) >= 11 is 0. The van der Waals surface area contributed by atoms with Crippen LogP contribution in [0.1, 0.15) is 37.8 Å². The molecule has 24 heavy (non-hydrogen) atoms. The summed E-state index contributed by atoms with van der Waals surface area (Å²) < 4.78 is 38.4. The van der Waals surface area contributed by atoms with Gasteiger partial charge in [-0.1, -0.05) is 32.0 Å². The van der Waals surface area contributed by atoms with Crippen molar-refractivity contribution < 1.29 is 18.0 Å². The first-order chi connectivity index (χ1) is 11.3. The van der Waals surface area contributed by atoms with Crippen LogP contribution in [0, 0.1) is 11.8 Å². The van der Waals surface area contributed by atoms with Crippen LogP contribution in [0.2, 0.25) is 0 Å². The molecule has 1 aromatic carbocycles. The third-order valence-electron chi connectivity index (χ3n) is 4.35. The Morgan fingerprint density at radius 1 is 1.38 bits per heavy atom. The van der Waals surface area contributed by atoms with Crippen molar-refractivity contribution in [2.75, 3.05) is 19.6 Å². The molecule has 0 spiro atoms. The van der Waals surface area contributed by atoms with Gasteiger partial charge >= 0.3 is 6.18 Å². The number of hydrogen-bond acceptors (Lipinski definition) is 2. The maximum Gasteiger partial charge on any atom is 0.416 e. The molecule has 1 unspecified atom stereocenters. The van der Waals surface area contributed by atoms with E-state index in [0.29, 0.717) is 24.6 Å². The van der Waals surface area contributed by atoms with Gasteiger partial charge in [-0.05, 0) is 36.9 Å². The zero-order chi connectivity index (χ0) is 17.7. The lowest BCUT2D eigenvalue weighted by atomic mass is 9.97. The number of likely N-dealkylation sites (tertiary alicyclic amines) is 1. The SMILES string of the molecule is CC(C)C(=O)NCC1CCCN(Cc2cccc(C(F)(F)F)c2)C1. The average molecular weight is 342 g/mol. The molecule has 0 saturated carbocycles. The highest BCUT2D eigenvalue weighted by molar-refractivity contribution is 5.77. The smallest absolute Gasteiger partial charge is 0.356 e. The lowest BCUT2D eigenvalue weighted by molar-refractivity contribution is -0.137. The molecule has 3 nitrogen and oxygen atoms in total. The van der Waals surface area contributed by atoms with E-state index in [0.717, 1.165) is 32.0 Å². The molecule has 134 valence electrons. The Hall–Kier alpha value is -1.56. The molecular formula is C18H25F3N2O. The molecule has 0 aromatic heterocycles. The van der Waals surface area contributed by atoms with Crippen LogP contribution in [-0.4, -0.2) is 30.4 Å². The van der Waals surface area contributed by atoms with Crippen molar-refractivity contribution in [3.05, 3.63) is 35.4 Å². The van der Waals surface area contributed by atoms with Crippen LogP contribution in [0.3, 0.4) is 0 Å². The van der Waals surface area contributed by atoms with Crippen LogP contribution in [-0.2, 0) is 17.5 Å². The first-order valence-corrected chi connectivity index (χ1v) is 8.42. The number of nitrogens with zero attached hydrogens (tertiary/aromatic N) is 1. The van der Waals surface area contributed by atoms with Gasteiger partial charge in [-0.15, -0.1) is 0 Å². The van der Waals surface area contributed by atoms with Gasteiger partial charge in [-0.3, -0.25) is 9.69 Å². The van der Waals surface area contributed by atoms with Gasteiger partial charge in [-0.2, -0.15) is 13.2 Å². The highest BCUT2D eigenvalue weighted by atomic mass is 19.4. The highest BCUT2D eigenvalue weighted by Gasteiger charge is 2.30. The minimum Gasteiger partial charge on any atom is -0.356 e. The minimum absolute atomic E-state index is 0.0326. The Balaban J connectivity index is 1.90. The minimum atomic E-state index is -4.30. The lowest BCUT2D eigenvalue weighted by Crippen LogP contribution is -2.41. The normalized spacial score (nSPS) is 19.5. The van der Waals surface area contributed by atoms with Crippen LogP contribution >= 0.6 is 0 Å². The summed E-state index contributed by atoms with van der Waals surface area (Å²) in [7, 11) is 0. The van der Waals surface area contributed by atoms with Crippen LogP contribution in [0.25, 0.3) is 0 Å². The van der Waals surface area contributed by atoms with Crippen molar-refractivity contribution >= 4 is 5.91 Å². The molecule has 0 radical (unpaired) electrons.